The van der Waals surface area contributed by atoms with Crippen LogP contribution in [-0.4, -0.2) is 76.1 Å². The first kappa shape index (κ1) is 36.6. The van der Waals surface area contributed by atoms with Crippen molar-refractivity contribution in [1.29, 1.82) is 0 Å². The number of nitrogens with zero attached hydrogens (tertiary/aromatic N) is 3. The van der Waals surface area contributed by atoms with Crippen LogP contribution in [0.2, 0.25) is 0 Å². The number of amides is 7. The van der Waals surface area contributed by atoms with Gasteiger partial charge in [0.2, 0.25) is 11.8 Å². The highest BCUT2D eigenvalue weighted by atomic mass is 32.1. The van der Waals surface area contributed by atoms with Crippen molar-refractivity contribution >= 4 is 58.2 Å². The summed E-state index contributed by atoms with van der Waals surface area (Å²) < 4.78 is 0. The fraction of sp³-hybridized carbons (Fsp3) is 0.471. The van der Waals surface area contributed by atoms with Crippen LogP contribution in [0.4, 0.5) is 4.79 Å². The number of nitrogens with one attached hydrogen (secondary N) is 5. The molecule has 266 valence electrons. The van der Waals surface area contributed by atoms with Crippen LogP contribution in [0, 0.1) is 5.92 Å². The minimum atomic E-state index is -0.778. The number of urea groups is 1. The molecular formula is C34H42N8O6S2. The van der Waals surface area contributed by atoms with Gasteiger partial charge >= 0.3 is 6.03 Å². The van der Waals surface area contributed by atoms with E-state index < -0.39 is 30.1 Å². The average Bonchev–Trinajstić information content (AvgIpc) is 3.84. The van der Waals surface area contributed by atoms with E-state index in [1.54, 1.807) is 15.7 Å². The highest BCUT2D eigenvalue weighted by Crippen LogP contribution is 2.27. The van der Waals surface area contributed by atoms with Gasteiger partial charge in [0.05, 0.1) is 12.1 Å². The molecule has 3 atom stereocenters. The van der Waals surface area contributed by atoms with E-state index in [1.165, 1.54) is 22.7 Å². The Balaban J connectivity index is 1.35. The van der Waals surface area contributed by atoms with E-state index in [0.29, 0.717) is 42.2 Å². The lowest BCUT2D eigenvalue weighted by atomic mass is 10.0. The number of hydrogen-bond acceptors (Lipinski definition) is 10. The van der Waals surface area contributed by atoms with Gasteiger partial charge in [-0.05, 0) is 43.6 Å². The maximum absolute atomic E-state index is 13.5. The van der Waals surface area contributed by atoms with E-state index in [-0.39, 0.29) is 73.3 Å². The molecule has 2 aromatic heterocycles. The number of carbonyl (C=O) groups is 6. The zero-order valence-corrected chi connectivity index (χ0v) is 29.7. The van der Waals surface area contributed by atoms with Crippen LogP contribution in [0.1, 0.15) is 101 Å². The summed E-state index contributed by atoms with van der Waals surface area (Å²) in [6.07, 6.45) is 2.22. The van der Waals surface area contributed by atoms with Crippen molar-refractivity contribution in [2.24, 2.45) is 5.92 Å². The number of carbonyl (C=O) groups excluding carboxylic acids is 6. The summed E-state index contributed by atoms with van der Waals surface area (Å²) in [5.41, 5.74) is 1.44. The first-order valence-corrected chi connectivity index (χ1v) is 18.5. The van der Waals surface area contributed by atoms with E-state index in [9.17, 15) is 28.8 Å². The monoisotopic (exact) mass is 722 g/mol. The molecule has 7 amide bonds. The summed E-state index contributed by atoms with van der Waals surface area (Å²) in [6.45, 7) is 4.97. The summed E-state index contributed by atoms with van der Waals surface area (Å²) in [5.74, 6) is -1.40. The average molecular weight is 723 g/mol. The Hall–Kier alpha value is -4.70. The molecule has 3 aromatic rings. The number of aromatic nitrogens is 2. The topological polar surface area (TPSA) is 192 Å². The molecule has 0 saturated carbocycles. The Bertz CT molecular complexity index is 1690. The van der Waals surface area contributed by atoms with Gasteiger partial charge in [-0.3, -0.25) is 29.3 Å². The van der Waals surface area contributed by atoms with Crippen molar-refractivity contribution in [3.8, 4) is 0 Å². The van der Waals surface area contributed by atoms with Crippen LogP contribution in [0.25, 0.3) is 0 Å². The highest BCUT2D eigenvalue weighted by Gasteiger charge is 2.30. The van der Waals surface area contributed by atoms with Gasteiger partial charge in [0.15, 0.2) is 0 Å². The molecule has 0 radical (unpaired) electrons. The molecule has 5 rings (SSSR count). The van der Waals surface area contributed by atoms with Gasteiger partial charge in [-0.25, -0.2) is 14.8 Å². The van der Waals surface area contributed by atoms with Gasteiger partial charge in [-0.15, -0.1) is 22.7 Å². The number of thiazole rings is 2. The Kier molecular flexibility index (Phi) is 12.7. The smallest absolute Gasteiger partial charge is 0.322 e. The van der Waals surface area contributed by atoms with Gasteiger partial charge in [-0.1, -0.05) is 44.2 Å². The van der Waals surface area contributed by atoms with Crippen molar-refractivity contribution in [3.05, 3.63) is 68.1 Å². The number of hydrogen-bond donors (Lipinski definition) is 5. The second-order valence-electron chi connectivity index (χ2n) is 12.8. The van der Waals surface area contributed by atoms with Crippen LogP contribution < -0.4 is 26.6 Å². The molecule has 0 unspecified atom stereocenters. The van der Waals surface area contributed by atoms with Gasteiger partial charge in [0.25, 0.3) is 17.7 Å². The molecule has 4 bridgehead atoms. The van der Waals surface area contributed by atoms with Gasteiger partial charge in [0.1, 0.15) is 27.4 Å². The number of rotatable bonds is 7. The molecule has 0 spiro atoms. The van der Waals surface area contributed by atoms with Gasteiger partial charge < -0.3 is 26.2 Å². The predicted octanol–water partition coefficient (Wildman–Crippen LogP) is 3.25. The second kappa shape index (κ2) is 17.3. The number of imide groups is 1. The largest absolute Gasteiger partial charge is 0.351 e. The molecule has 1 saturated heterocycles. The normalized spacial score (nSPS) is 21.1. The van der Waals surface area contributed by atoms with Crippen LogP contribution in [0.15, 0.2) is 41.1 Å². The minimum absolute atomic E-state index is 0.0261. The molecule has 2 aliphatic rings. The van der Waals surface area contributed by atoms with Crippen molar-refractivity contribution in [1.82, 2.24) is 41.5 Å². The lowest BCUT2D eigenvalue weighted by Crippen LogP contribution is -2.37. The molecule has 14 nitrogen and oxygen atoms in total. The standard InChI is InChI=1S/C34H42N8O6S2/c1-20(2)16-23-32-39-26(19-50-32)31(47)37-24(17-21-8-4-3-5-9-21)33-38-25(18-49-33)29(45)35-13-7-15-42(14-6-10-27(43)36-23)28(44)12-11-22-30(46)41-34(48)40-22/h3-5,8-9,18-20,22-24H,6-7,10-17H2,1-2H3,(H,35,45)(H,36,43)(H,37,47)(H2,40,41,46,48)/t22-,23-,24-/m0/s1. The third-order valence-electron chi connectivity index (χ3n) is 8.32. The Morgan fingerprint density at radius 2 is 1.54 bits per heavy atom. The highest BCUT2D eigenvalue weighted by molar-refractivity contribution is 7.10. The fourth-order valence-corrected chi connectivity index (χ4v) is 7.50. The Morgan fingerprint density at radius 3 is 2.22 bits per heavy atom. The first-order valence-electron chi connectivity index (χ1n) is 16.8. The lowest BCUT2D eigenvalue weighted by molar-refractivity contribution is -0.132. The fourth-order valence-electron chi connectivity index (χ4n) is 5.79. The van der Waals surface area contributed by atoms with Crippen molar-refractivity contribution in [2.45, 2.75) is 76.9 Å². The Morgan fingerprint density at radius 1 is 0.860 bits per heavy atom. The van der Waals surface area contributed by atoms with Gasteiger partial charge in [-0.2, -0.15) is 0 Å². The number of benzene rings is 1. The summed E-state index contributed by atoms with van der Waals surface area (Å²) >= 11 is 2.59. The van der Waals surface area contributed by atoms with E-state index in [4.69, 9.17) is 0 Å². The molecule has 5 N–H and O–H groups in total. The molecule has 4 heterocycles. The zero-order chi connectivity index (χ0) is 35.6. The molecule has 2 aliphatic heterocycles. The first-order chi connectivity index (χ1) is 24.0. The van der Waals surface area contributed by atoms with Crippen LogP contribution in [0.3, 0.4) is 0 Å². The minimum Gasteiger partial charge on any atom is -0.351 e. The van der Waals surface area contributed by atoms with Crippen LogP contribution in [0.5, 0.6) is 0 Å². The zero-order valence-electron chi connectivity index (χ0n) is 28.0. The third kappa shape index (κ3) is 10.2. The number of fused-ring (bicyclic) bond motifs is 4. The van der Waals surface area contributed by atoms with Gasteiger partial charge in [0, 0.05) is 43.2 Å². The van der Waals surface area contributed by atoms with Crippen molar-refractivity contribution < 1.29 is 28.8 Å². The van der Waals surface area contributed by atoms with E-state index in [1.807, 2.05) is 44.2 Å². The maximum atomic E-state index is 13.5. The quantitative estimate of drug-likeness (QED) is 0.230. The molecule has 1 aromatic carbocycles. The maximum Gasteiger partial charge on any atom is 0.322 e. The summed E-state index contributed by atoms with van der Waals surface area (Å²) in [4.78, 5) is 87.4. The van der Waals surface area contributed by atoms with Crippen LogP contribution >= 0.6 is 22.7 Å². The second-order valence-corrected chi connectivity index (χ2v) is 14.5. The van der Waals surface area contributed by atoms with Crippen molar-refractivity contribution in [3.63, 3.8) is 0 Å². The van der Waals surface area contributed by atoms with Crippen molar-refractivity contribution in [2.75, 3.05) is 19.6 Å². The molecule has 1 fully saturated rings. The summed E-state index contributed by atoms with van der Waals surface area (Å²) in [7, 11) is 0. The predicted molar refractivity (Wildman–Crippen MR) is 187 cm³/mol. The van der Waals surface area contributed by atoms with Crippen LogP contribution in [-0.2, 0) is 20.8 Å². The summed E-state index contributed by atoms with van der Waals surface area (Å²) in [5, 5.41) is 18.2. The Labute approximate surface area is 298 Å². The van der Waals surface area contributed by atoms with E-state index >= 15 is 0 Å². The van der Waals surface area contributed by atoms with E-state index in [0.717, 1.165) is 5.56 Å². The van der Waals surface area contributed by atoms with E-state index in [2.05, 4.69) is 36.6 Å². The molecule has 16 heteroatoms. The lowest BCUT2D eigenvalue weighted by Gasteiger charge is -2.24. The SMILES string of the molecule is CC(C)C[C@@H]1NC(=O)CCCN(C(=O)CC[C@@H]2NC(=O)NC2=O)CCCNC(=O)c2csc(n2)[C@H](Cc2ccccc2)NC(=O)c2csc1n2. The summed E-state index contributed by atoms with van der Waals surface area (Å²) in [6, 6.07) is 7.40. The molecule has 50 heavy (non-hydrogen) atoms. The third-order valence-corrected chi connectivity index (χ3v) is 10.2. The molecular weight excluding hydrogens is 681 g/mol. The molecule has 0 aliphatic carbocycles.